The molecular weight excluding hydrogens is 160 g/mol. The Morgan fingerprint density at radius 2 is 2.08 bits per heavy atom. The van der Waals surface area contributed by atoms with Gasteiger partial charge in [0.1, 0.15) is 0 Å². The van der Waals surface area contributed by atoms with Crippen LogP contribution in [0, 0.1) is 0 Å². The molecular formula is C11H18N2. The fourth-order valence-corrected chi connectivity index (χ4v) is 1.16. The Morgan fingerprint density at radius 3 is 2.69 bits per heavy atom. The SMILES string of the molecule is CC[C@H](C)NCCc1ccncc1. The van der Waals surface area contributed by atoms with Crippen LogP contribution in [0.1, 0.15) is 25.8 Å². The van der Waals surface area contributed by atoms with Crippen molar-refractivity contribution in [3.63, 3.8) is 0 Å². The van der Waals surface area contributed by atoms with Crippen LogP contribution in [0.15, 0.2) is 24.5 Å². The van der Waals surface area contributed by atoms with Gasteiger partial charge in [0, 0.05) is 18.4 Å². The molecule has 1 atom stereocenters. The van der Waals surface area contributed by atoms with Crippen LogP contribution in [0.3, 0.4) is 0 Å². The molecule has 1 N–H and O–H groups in total. The molecule has 0 radical (unpaired) electrons. The van der Waals surface area contributed by atoms with Gasteiger partial charge in [0.2, 0.25) is 0 Å². The van der Waals surface area contributed by atoms with Gasteiger partial charge in [-0.3, -0.25) is 4.98 Å². The first-order valence-corrected chi connectivity index (χ1v) is 4.95. The lowest BCUT2D eigenvalue weighted by atomic mass is 10.2. The highest BCUT2D eigenvalue weighted by atomic mass is 14.9. The van der Waals surface area contributed by atoms with E-state index in [4.69, 9.17) is 0 Å². The van der Waals surface area contributed by atoms with Gasteiger partial charge in [-0.2, -0.15) is 0 Å². The van der Waals surface area contributed by atoms with Crippen molar-refractivity contribution >= 4 is 0 Å². The number of nitrogens with zero attached hydrogens (tertiary/aromatic N) is 1. The molecule has 0 spiro atoms. The van der Waals surface area contributed by atoms with E-state index in [1.165, 1.54) is 12.0 Å². The van der Waals surface area contributed by atoms with E-state index in [2.05, 4.69) is 36.3 Å². The summed E-state index contributed by atoms with van der Waals surface area (Å²) in [4.78, 5) is 3.98. The van der Waals surface area contributed by atoms with Crippen LogP contribution < -0.4 is 5.32 Å². The van der Waals surface area contributed by atoms with Crippen molar-refractivity contribution < 1.29 is 0 Å². The Hall–Kier alpha value is -0.890. The van der Waals surface area contributed by atoms with Crippen molar-refractivity contribution in [1.29, 1.82) is 0 Å². The molecule has 1 heterocycles. The second-order valence-corrected chi connectivity index (χ2v) is 3.37. The molecule has 0 unspecified atom stereocenters. The number of rotatable bonds is 5. The number of pyridine rings is 1. The number of nitrogens with one attached hydrogen (secondary N) is 1. The van der Waals surface area contributed by atoms with E-state index in [9.17, 15) is 0 Å². The van der Waals surface area contributed by atoms with Crippen LogP contribution in [0.25, 0.3) is 0 Å². The third-order valence-corrected chi connectivity index (χ3v) is 2.27. The number of aromatic nitrogens is 1. The van der Waals surface area contributed by atoms with Crippen molar-refractivity contribution in [2.24, 2.45) is 0 Å². The fraction of sp³-hybridized carbons (Fsp3) is 0.545. The average Bonchev–Trinajstić information content (AvgIpc) is 2.19. The zero-order chi connectivity index (χ0) is 9.52. The van der Waals surface area contributed by atoms with Gasteiger partial charge in [-0.15, -0.1) is 0 Å². The van der Waals surface area contributed by atoms with Gasteiger partial charge in [0.25, 0.3) is 0 Å². The second-order valence-electron chi connectivity index (χ2n) is 3.37. The van der Waals surface area contributed by atoms with Gasteiger partial charge in [-0.25, -0.2) is 0 Å². The Labute approximate surface area is 80.4 Å². The molecule has 1 aromatic heterocycles. The molecule has 0 saturated heterocycles. The topological polar surface area (TPSA) is 24.9 Å². The Bertz CT molecular complexity index is 221. The van der Waals surface area contributed by atoms with Crippen molar-refractivity contribution in [3.05, 3.63) is 30.1 Å². The molecule has 0 fully saturated rings. The number of hydrogen-bond donors (Lipinski definition) is 1. The van der Waals surface area contributed by atoms with E-state index in [0.717, 1.165) is 13.0 Å². The average molecular weight is 178 g/mol. The molecule has 13 heavy (non-hydrogen) atoms. The van der Waals surface area contributed by atoms with E-state index >= 15 is 0 Å². The van der Waals surface area contributed by atoms with E-state index in [1.807, 2.05) is 12.4 Å². The summed E-state index contributed by atoms with van der Waals surface area (Å²) >= 11 is 0. The molecule has 72 valence electrons. The summed E-state index contributed by atoms with van der Waals surface area (Å²) in [6.07, 6.45) is 5.97. The molecule has 0 saturated carbocycles. The minimum absolute atomic E-state index is 0.627. The van der Waals surface area contributed by atoms with E-state index < -0.39 is 0 Å². The fourth-order valence-electron chi connectivity index (χ4n) is 1.16. The lowest BCUT2D eigenvalue weighted by molar-refractivity contribution is 0.537. The number of hydrogen-bond acceptors (Lipinski definition) is 2. The molecule has 0 aromatic carbocycles. The highest BCUT2D eigenvalue weighted by Crippen LogP contribution is 1.96. The summed E-state index contributed by atoms with van der Waals surface area (Å²) in [6.45, 7) is 5.47. The van der Waals surface area contributed by atoms with Crippen molar-refractivity contribution in [1.82, 2.24) is 10.3 Å². The third kappa shape index (κ3) is 4.04. The maximum atomic E-state index is 3.98. The van der Waals surface area contributed by atoms with Crippen LogP contribution in [0.5, 0.6) is 0 Å². The summed E-state index contributed by atoms with van der Waals surface area (Å²) in [5.74, 6) is 0. The predicted molar refractivity (Wildman–Crippen MR) is 55.7 cm³/mol. The quantitative estimate of drug-likeness (QED) is 0.746. The van der Waals surface area contributed by atoms with Crippen LogP contribution >= 0.6 is 0 Å². The molecule has 0 aliphatic heterocycles. The standard InChI is InChI=1S/C11H18N2/c1-3-10(2)13-9-6-11-4-7-12-8-5-11/h4-5,7-8,10,13H,3,6,9H2,1-2H3/t10-/m0/s1. The molecule has 0 aliphatic rings. The van der Waals surface area contributed by atoms with Crippen LogP contribution in [-0.4, -0.2) is 17.6 Å². The van der Waals surface area contributed by atoms with E-state index in [0.29, 0.717) is 6.04 Å². The lowest BCUT2D eigenvalue weighted by Gasteiger charge is -2.10. The second kappa shape index (κ2) is 5.70. The highest BCUT2D eigenvalue weighted by molar-refractivity contribution is 5.09. The molecule has 0 aliphatic carbocycles. The largest absolute Gasteiger partial charge is 0.314 e. The third-order valence-electron chi connectivity index (χ3n) is 2.27. The molecule has 0 amide bonds. The van der Waals surface area contributed by atoms with Crippen LogP contribution in [0.4, 0.5) is 0 Å². The zero-order valence-corrected chi connectivity index (χ0v) is 8.46. The Morgan fingerprint density at radius 1 is 1.38 bits per heavy atom. The van der Waals surface area contributed by atoms with Crippen molar-refractivity contribution in [2.75, 3.05) is 6.54 Å². The van der Waals surface area contributed by atoms with Gasteiger partial charge in [0.15, 0.2) is 0 Å². The molecule has 1 rings (SSSR count). The monoisotopic (exact) mass is 178 g/mol. The molecule has 0 bridgehead atoms. The first-order valence-electron chi connectivity index (χ1n) is 4.95. The first-order chi connectivity index (χ1) is 6.33. The molecule has 2 nitrogen and oxygen atoms in total. The van der Waals surface area contributed by atoms with Gasteiger partial charge in [-0.05, 0) is 44.0 Å². The molecule has 1 aromatic rings. The van der Waals surface area contributed by atoms with Gasteiger partial charge in [-0.1, -0.05) is 6.92 Å². The van der Waals surface area contributed by atoms with Gasteiger partial charge < -0.3 is 5.32 Å². The van der Waals surface area contributed by atoms with E-state index in [1.54, 1.807) is 0 Å². The van der Waals surface area contributed by atoms with Crippen molar-refractivity contribution in [3.8, 4) is 0 Å². The summed E-state index contributed by atoms with van der Waals surface area (Å²) < 4.78 is 0. The summed E-state index contributed by atoms with van der Waals surface area (Å²) in [5.41, 5.74) is 1.35. The van der Waals surface area contributed by atoms with Crippen LogP contribution in [0.2, 0.25) is 0 Å². The normalized spacial score (nSPS) is 12.8. The summed E-state index contributed by atoms with van der Waals surface area (Å²) in [6, 6.07) is 4.76. The summed E-state index contributed by atoms with van der Waals surface area (Å²) in [5, 5.41) is 3.46. The minimum atomic E-state index is 0.627. The van der Waals surface area contributed by atoms with Gasteiger partial charge >= 0.3 is 0 Å². The van der Waals surface area contributed by atoms with Crippen molar-refractivity contribution in [2.45, 2.75) is 32.7 Å². The maximum absolute atomic E-state index is 3.98. The zero-order valence-electron chi connectivity index (χ0n) is 8.46. The Balaban J connectivity index is 2.20. The Kier molecular flexibility index (Phi) is 4.47. The molecule has 2 heteroatoms. The van der Waals surface area contributed by atoms with Gasteiger partial charge in [0.05, 0.1) is 0 Å². The minimum Gasteiger partial charge on any atom is -0.314 e. The highest BCUT2D eigenvalue weighted by Gasteiger charge is 1.96. The first kappa shape index (κ1) is 10.2. The smallest absolute Gasteiger partial charge is 0.0270 e. The maximum Gasteiger partial charge on any atom is 0.0270 e. The lowest BCUT2D eigenvalue weighted by Crippen LogP contribution is -2.27. The van der Waals surface area contributed by atoms with Crippen LogP contribution in [-0.2, 0) is 6.42 Å². The predicted octanol–water partition coefficient (Wildman–Crippen LogP) is 2.01. The summed E-state index contributed by atoms with van der Waals surface area (Å²) in [7, 11) is 0. The van der Waals surface area contributed by atoms with E-state index in [-0.39, 0.29) is 0 Å².